The van der Waals surface area contributed by atoms with Gasteiger partial charge in [0.15, 0.2) is 0 Å². The van der Waals surface area contributed by atoms with Crippen LogP contribution in [0, 0.1) is 0 Å². The van der Waals surface area contributed by atoms with Crippen molar-refractivity contribution in [3.8, 4) is 5.75 Å². The third kappa shape index (κ3) is 3.44. The molecule has 74 valence electrons. The number of hydrogen-bond donors (Lipinski definition) is 0. The van der Waals surface area contributed by atoms with Crippen molar-refractivity contribution in [1.82, 2.24) is 0 Å². The Balaban J connectivity index is 2.51. The molecular formula is C12H15NO. The van der Waals surface area contributed by atoms with Gasteiger partial charge in [-0.3, -0.25) is 4.99 Å². The summed E-state index contributed by atoms with van der Waals surface area (Å²) in [6.45, 7) is 2.69. The summed E-state index contributed by atoms with van der Waals surface area (Å²) in [6.07, 6.45) is 5.69. The lowest BCUT2D eigenvalue weighted by atomic mass is 10.2. The molecule has 0 aliphatic carbocycles. The Morgan fingerprint density at radius 1 is 1.29 bits per heavy atom. The second kappa shape index (κ2) is 5.97. The van der Waals surface area contributed by atoms with Crippen molar-refractivity contribution in [2.45, 2.75) is 13.5 Å². The normalized spacial score (nSPS) is 11.3. The maximum atomic E-state index is 5.06. The molecule has 0 saturated heterocycles. The predicted octanol–water partition coefficient (Wildman–Crippen LogP) is 2.84. The Morgan fingerprint density at radius 2 is 2.00 bits per heavy atom. The number of methoxy groups -OCH3 is 1. The van der Waals surface area contributed by atoms with E-state index in [0.29, 0.717) is 6.54 Å². The van der Waals surface area contributed by atoms with E-state index in [0.717, 1.165) is 5.75 Å². The molecule has 14 heavy (non-hydrogen) atoms. The maximum Gasteiger partial charge on any atom is 0.118 e. The second-order valence-electron chi connectivity index (χ2n) is 2.86. The summed E-state index contributed by atoms with van der Waals surface area (Å²) < 4.78 is 5.06. The molecule has 1 rings (SSSR count). The Bertz CT molecular complexity index is 312. The Labute approximate surface area is 84.9 Å². The molecule has 2 heteroatoms. The lowest BCUT2D eigenvalue weighted by Gasteiger charge is -1.99. The van der Waals surface area contributed by atoms with Gasteiger partial charge in [-0.1, -0.05) is 18.2 Å². The van der Waals surface area contributed by atoms with Crippen molar-refractivity contribution in [2.24, 2.45) is 4.99 Å². The molecule has 1 aromatic carbocycles. The summed E-state index contributed by atoms with van der Waals surface area (Å²) >= 11 is 0. The first kappa shape index (κ1) is 10.5. The van der Waals surface area contributed by atoms with Crippen molar-refractivity contribution in [3.63, 3.8) is 0 Å². The number of aliphatic imine (C=N–C) groups is 1. The summed E-state index contributed by atoms with van der Waals surface area (Å²) in [5.41, 5.74) is 1.19. The third-order valence-corrected chi connectivity index (χ3v) is 1.82. The van der Waals surface area contributed by atoms with Crippen LogP contribution in [0.4, 0.5) is 0 Å². The standard InChI is InChI=1S/C12H15NO/c1-3-4-9-13-10-11-5-7-12(14-2)8-6-11/h3-9H,10H2,1-2H3/b4-3+,13-9?. The predicted molar refractivity (Wildman–Crippen MR) is 60.0 cm³/mol. The van der Waals surface area contributed by atoms with Crippen LogP contribution >= 0.6 is 0 Å². The molecule has 2 nitrogen and oxygen atoms in total. The van der Waals surface area contributed by atoms with Gasteiger partial charge in [0.2, 0.25) is 0 Å². The summed E-state index contributed by atoms with van der Waals surface area (Å²) in [6, 6.07) is 7.93. The smallest absolute Gasteiger partial charge is 0.118 e. The fourth-order valence-electron chi connectivity index (χ4n) is 1.04. The van der Waals surface area contributed by atoms with Crippen LogP contribution in [-0.4, -0.2) is 13.3 Å². The zero-order valence-corrected chi connectivity index (χ0v) is 8.60. The number of benzene rings is 1. The number of nitrogens with zero attached hydrogens (tertiary/aromatic N) is 1. The maximum absolute atomic E-state index is 5.06. The monoisotopic (exact) mass is 189 g/mol. The van der Waals surface area contributed by atoms with Gasteiger partial charge in [-0.15, -0.1) is 0 Å². The van der Waals surface area contributed by atoms with Gasteiger partial charge in [0.25, 0.3) is 0 Å². The largest absolute Gasteiger partial charge is 0.497 e. The highest BCUT2D eigenvalue weighted by Gasteiger charge is 1.91. The second-order valence-corrected chi connectivity index (χ2v) is 2.86. The average Bonchev–Trinajstić information content (AvgIpc) is 2.25. The van der Waals surface area contributed by atoms with Crippen molar-refractivity contribution in [3.05, 3.63) is 42.0 Å². The molecule has 0 N–H and O–H groups in total. The van der Waals surface area contributed by atoms with Gasteiger partial charge in [-0.25, -0.2) is 0 Å². The van der Waals surface area contributed by atoms with Gasteiger partial charge in [-0.05, 0) is 30.7 Å². The molecule has 0 bridgehead atoms. The SMILES string of the molecule is C/C=C/C=NCc1ccc(OC)cc1. The van der Waals surface area contributed by atoms with Gasteiger partial charge in [0.1, 0.15) is 5.75 Å². The van der Waals surface area contributed by atoms with Gasteiger partial charge >= 0.3 is 0 Å². The Morgan fingerprint density at radius 3 is 2.57 bits per heavy atom. The molecule has 0 aliphatic heterocycles. The molecule has 0 aliphatic rings. The average molecular weight is 189 g/mol. The van der Waals surface area contributed by atoms with E-state index in [9.17, 15) is 0 Å². The van der Waals surface area contributed by atoms with Crippen LogP contribution in [0.3, 0.4) is 0 Å². The molecule has 0 heterocycles. The third-order valence-electron chi connectivity index (χ3n) is 1.82. The van der Waals surface area contributed by atoms with Crippen LogP contribution in [0.5, 0.6) is 5.75 Å². The van der Waals surface area contributed by atoms with Crippen LogP contribution in [0.15, 0.2) is 41.4 Å². The van der Waals surface area contributed by atoms with Crippen LogP contribution in [0.25, 0.3) is 0 Å². The number of allylic oxidation sites excluding steroid dienone is 2. The Kier molecular flexibility index (Phi) is 4.48. The molecule has 0 atom stereocenters. The van der Waals surface area contributed by atoms with Gasteiger partial charge in [0, 0.05) is 6.21 Å². The molecule has 0 amide bonds. The summed E-state index contributed by atoms with van der Waals surface area (Å²) in [7, 11) is 1.67. The zero-order valence-electron chi connectivity index (χ0n) is 8.60. The molecule has 0 fully saturated rings. The molecule has 0 unspecified atom stereocenters. The van der Waals surface area contributed by atoms with Gasteiger partial charge in [0.05, 0.1) is 13.7 Å². The number of hydrogen-bond acceptors (Lipinski definition) is 2. The van der Waals surface area contributed by atoms with E-state index >= 15 is 0 Å². The quantitative estimate of drug-likeness (QED) is 0.667. The summed E-state index contributed by atoms with van der Waals surface area (Å²) in [5.74, 6) is 0.881. The van der Waals surface area contributed by atoms with E-state index in [1.165, 1.54) is 5.56 Å². The van der Waals surface area contributed by atoms with Crippen LogP contribution in [-0.2, 0) is 6.54 Å². The van der Waals surface area contributed by atoms with Crippen molar-refractivity contribution in [2.75, 3.05) is 7.11 Å². The molecular weight excluding hydrogens is 174 g/mol. The van der Waals surface area contributed by atoms with Crippen molar-refractivity contribution < 1.29 is 4.74 Å². The van der Waals surface area contributed by atoms with E-state index < -0.39 is 0 Å². The topological polar surface area (TPSA) is 21.6 Å². The minimum absolute atomic E-state index is 0.717. The lowest BCUT2D eigenvalue weighted by Crippen LogP contribution is -1.84. The van der Waals surface area contributed by atoms with E-state index in [2.05, 4.69) is 4.99 Å². The van der Waals surface area contributed by atoms with E-state index in [1.807, 2.05) is 49.6 Å². The van der Waals surface area contributed by atoms with Crippen molar-refractivity contribution >= 4 is 6.21 Å². The molecule has 0 saturated carbocycles. The van der Waals surface area contributed by atoms with Crippen LogP contribution < -0.4 is 4.74 Å². The first-order valence-corrected chi connectivity index (χ1v) is 4.61. The molecule has 0 spiro atoms. The van der Waals surface area contributed by atoms with E-state index in [-0.39, 0.29) is 0 Å². The minimum atomic E-state index is 0.717. The molecule has 1 aromatic rings. The molecule has 0 radical (unpaired) electrons. The van der Waals surface area contributed by atoms with E-state index in [1.54, 1.807) is 7.11 Å². The number of ether oxygens (including phenoxy) is 1. The van der Waals surface area contributed by atoms with Crippen LogP contribution in [0.2, 0.25) is 0 Å². The van der Waals surface area contributed by atoms with Crippen LogP contribution in [0.1, 0.15) is 12.5 Å². The highest BCUT2D eigenvalue weighted by atomic mass is 16.5. The highest BCUT2D eigenvalue weighted by Crippen LogP contribution is 2.11. The number of rotatable bonds is 4. The highest BCUT2D eigenvalue weighted by molar-refractivity contribution is 5.70. The summed E-state index contributed by atoms with van der Waals surface area (Å²) in [4.78, 5) is 4.23. The van der Waals surface area contributed by atoms with Gasteiger partial charge in [-0.2, -0.15) is 0 Å². The fraction of sp³-hybridized carbons (Fsp3) is 0.250. The first-order chi connectivity index (χ1) is 6.86. The summed E-state index contributed by atoms with van der Waals surface area (Å²) in [5, 5.41) is 0. The first-order valence-electron chi connectivity index (χ1n) is 4.61. The fourth-order valence-corrected chi connectivity index (χ4v) is 1.04. The van der Waals surface area contributed by atoms with Gasteiger partial charge < -0.3 is 4.74 Å². The zero-order chi connectivity index (χ0) is 10.2. The Hall–Kier alpha value is -1.57. The minimum Gasteiger partial charge on any atom is -0.497 e. The van der Waals surface area contributed by atoms with E-state index in [4.69, 9.17) is 4.74 Å². The molecule has 0 aromatic heterocycles. The lowest BCUT2D eigenvalue weighted by molar-refractivity contribution is 0.414. The van der Waals surface area contributed by atoms with Crippen molar-refractivity contribution in [1.29, 1.82) is 0 Å².